The fourth-order valence-electron chi connectivity index (χ4n) is 2.19. The fraction of sp³-hybridized carbons (Fsp3) is 0.111. The first-order valence-corrected chi connectivity index (χ1v) is 8.08. The van der Waals surface area contributed by atoms with Crippen LogP contribution in [0.15, 0.2) is 60.1 Å². The largest absolute Gasteiger partial charge is 0.488 e. The lowest BCUT2D eigenvalue weighted by Gasteiger charge is -2.11. The minimum Gasteiger partial charge on any atom is -0.488 e. The van der Waals surface area contributed by atoms with Crippen molar-refractivity contribution in [1.29, 1.82) is 0 Å². The average Bonchev–Trinajstić information content (AvgIpc) is 3.06. The van der Waals surface area contributed by atoms with E-state index in [9.17, 15) is 4.79 Å². The molecule has 3 rings (SSSR count). The monoisotopic (exact) mass is 324 g/mol. The summed E-state index contributed by atoms with van der Waals surface area (Å²) in [5.41, 5.74) is 2.75. The van der Waals surface area contributed by atoms with Crippen LogP contribution in [0.4, 0.5) is 5.13 Å². The van der Waals surface area contributed by atoms with Gasteiger partial charge in [-0.2, -0.15) is 0 Å². The highest BCUT2D eigenvalue weighted by atomic mass is 32.1. The number of ether oxygens (including phenoxy) is 1. The van der Waals surface area contributed by atoms with Crippen LogP contribution in [0.25, 0.3) is 0 Å². The van der Waals surface area contributed by atoms with Gasteiger partial charge in [-0.1, -0.05) is 42.0 Å². The molecule has 1 amide bonds. The number of hydrogen-bond donors (Lipinski definition) is 1. The van der Waals surface area contributed by atoms with Crippen LogP contribution in [0.5, 0.6) is 5.75 Å². The van der Waals surface area contributed by atoms with Crippen LogP contribution >= 0.6 is 11.3 Å². The second kappa shape index (κ2) is 7.07. The van der Waals surface area contributed by atoms with E-state index in [4.69, 9.17) is 4.74 Å². The molecule has 3 aromatic rings. The summed E-state index contributed by atoms with van der Waals surface area (Å²) < 4.78 is 5.84. The molecule has 0 aliphatic heterocycles. The van der Waals surface area contributed by atoms with Gasteiger partial charge < -0.3 is 4.74 Å². The highest BCUT2D eigenvalue weighted by molar-refractivity contribution is 7.13. The molecule has 0 aliphatic rings. The summed E-state index contributed by atoms with van der Waals surface area (Å²) in [5, 5.41) is 5.16. The summed E-state index contributed by atoms with van der Waals surface area (Å²) in [4.78, 5) is 16.4. The zero-order valence-corrected chi connectivity index (χ0v) is 13.5. The van der Waals surface area contributed by atoms with Crippen LogP contribution in [-0.4, -0.2) is 10.9 Å². The molecule has 23 heavy (non-hydrogen) atoms. The molecule has 1 aromatic heterocycles. The molecule has 0 saturated heterocycles. The lowest BCUT2D eigenvalue weighted by molar-refractivity contribution is 0.102. The molecule has 0 spiro atoms. The van der Waals surface area contributed by atoms with Gasteiger partial charge in [-0.05, 0) is 24.6 Å². The first kappa shape index (κ1) is 15.2. The van der Waals surface area contributed by atoms with Crippen LogP contribution in [0.3, 0.4) is 0 Å². The van der Waals surface area contributed by atoms with Crippen molar-refractivity contribution in [3.63, 3.8) is 0 Å². The van der Waals surface area contributed by atoms with Crippen LogP contribution < -0.4 is 10.1 Å². The van der Waals surface area contributed by atoms with E-state index >= 15 is 0 Å². The zero-order valence-electron chi connectivity index (χ0n) is 12.7. The highest BCUT2D eigenvalue weighted by Crippen LogP contribution is 2.21. The van der Waals surface area contributed by atoms with E-state index < -0.39 is 0 Å². The number of carbonyl (C=O) groups excluding carboxylic acids is 1. The minimum absolute atomic E-state index is 0.222. The van der Waals surface area contributed by atoms with Gasteiger partial charge in [-0.15, -0.1) is 11.3 Å². The lowest BCUT2D eigenvalue weighted by Crippen LogP contribution is -2.13. The predicted molar refractivity (Wildman–Crippen MR) is 92.0 cm³/mol. The molecule has 2 aromatic carbocycles. The molecule has 0 bridgehead atoms. The van der Waals surface area contributed by atoms with Gasteiger partial charge in [0, 0.05) is 11.6 Å². The summed E-state index contributed by atoms with van der Waals surface area (Å²) in [6.45, 7) is 2.46. The fourth-order valence-corrected chi connectivity index (χ4v) is 2.72. The van der Waals surface area contributed by atoms with Crippen molar-refractivity contribution in [1.82, 2.24) is 4.98 Å². The quantitative estimate of drug-likeness (QED) is 0.762. The summed E-state index contributed by atoms with van der Waals surface area (Å²) in [5.74, 6) is 0.336. The zero-order chi connectivity index (χ0) is 16.1. The number of nitrogens with zero attached hydrogens (tertiary/aromatic N) is 1. The van der Waals surface area contributed by atoms with E-state index in [0.717, 1.165) is 5.56 Å². The molecule has 0 radical (unpaired) electrons. The Labute approximate surface area is 138 Å². The Morgan fingerprint density at radius 2 is 2.09 bits per heavy atom. The Kier molecular flexibility index (Phi) is 4.68. The molecule has 0 aliphatic carbocycles. The van der Waals surface area contributed by atoms with Crippen molar-refractivity contribution in [2.24, 2.45) is 0 Å². The summed E-state index contributed by atoms with van der Waals surface area (Å²) in [6.07, 6.45) is 1.65. The van der Waals surface area contributed by atoms with E-state index in [1.165, 1.54) is 16.9 Å². The number of carbonyl (C=O) groups is 1. The lowest BCUT2D eigenvalue weighted by atomic mass is 10.1. The summed E-state index contributed by atoms with van der Waals surface area (Å²) in [7, 11) is 0. The molecule has 0 saturated carbocycles. The van der Waals surface area contributed by atoms with E-state index in [1.54, 1.807) is 18.3 Å². The number of benzene rings is 2. The third kappa shape index (κ3) is 3.96. The van der Waals surface area contributed by atoms with Crippen molar-refractivity contribution >= 4 is 22.4 Å². The molecule has 5 heteroatoms. The van der Waals surface area contributed by atoms with Crippen molar-refractivity contribution in [2.45, 2.75) is 13.5 Å². The second-order valence-corrected chi connectivity index (χ2v) is 5.96. The van der Waals surface area contributed by atoms with Crippen molar-refractivity contribution < 1.29 is 9.53 Å². The molecular weight excluding hydrogens is 308 g/mol. The third-order valence-electron chi connectivity index (χ3n) is 3.26. The van der Waals surface area contributed by atoms with Gasteiger partial charge in [0.15, 0.2) is 5.13 Å². The van der Waals surface area contributed by atoms with E-state index in [0.29, 0.717) is 23.1 Å². The Hall–Kier alpha value is -2.66. The number of para-hydroxylation sites is 1. The smallest absolute Gasteiger partial charge is 0.261 e. The minimum atomic E-state index is -0.222. The topological polar surface area (TPSA) is 51.2 Å². The first-order chi connectivity index (χ1) is 11.2. The number of aromatic nitrogens is 1. The van der Waals surface area contributed by atoms with Crippen LogP contribution in [0, 0.1) is 6.92 Å². The van der Waals surface area contributed by atoms with Gasteiger partial charge in [0.25, 0.3) is 5.91 Å². The number of amides is 1. The molecule has 0 unspecified atom stereocenters. The van der Waals surface area contributed by atoms with E-state index in [2.05, 4.69) is 16.4 Å². The van der Waals surface area contributed by atoms with Gasteiger partial charge in [-0.25, -0.2) is 4.98 Å². The number of aryl methyl sites for hydroxylation is 1. The van der Waals surface area contributed by atoms with Gasteiger partial charge in [0.05, 0.1) is 5.56 Å². The molecule has 0 atom stereocenters. The molecule has 1 N–H and O–H groups in total. The van der Waals surface area contributed by atoms with Crippen LogP contribution in [0.2, 0.25) is 0 Å². The molecule has 4 nitrogen and oxygen atoms in total. The maximum absolute atomic E-state index is 12.4. The van der Waals surface area contributed by atoms with E-state index in [-0.39, 0.29) is 5.91 Å². The number of rotatable bonds is 5. The Bertz CT molecular complexity index is 800. The summed E-state index contributed by atoms with van der Waals surface area (Å²) >= 11 is 1.38. The second-order valence-electron chi connectivity index (χ2n) is 5.07. The number of nitrogens with one attached hydrogen (secondary N) is 1. The number of thiazole rings is 1. The Balaban J connectivity index is 1.73. The Morgan fingerprint density at radius 1 is 1.22 bits per heavy atom. The van der Waals surface area contributed by atoms with Crippen LogP contribution in [0.1, 0.15) is 21.5 Å². The number of hydrogen-bond acceptors (Lipinski definition) is 4. The normalized spacial score (nSPS) is 10.3. The van der Waals surface area contributed by atoms with Crippen molar-refractivity contribution in [3.05, 3.63) is 76.8 Å². The maximum atomic E-state index is 12.4. The van der Waals surface area contributed by atoms with Crippen molar-refractivity contribution in [3.8, 4) is 5.75 Å². The first-order valence-electron chi connectivity index (χ1n) is 7.20. The molecular formula is C18H16N2O2S. The Morgan fingerprint density at radius 3 is 2.87 bits per heavy atom. The van der Waals surface area contributed by atoms with E-state index in [1.807, 2.05) is 42.6 Å². The van der Waals surface area contributed by atoms with Crippen molar-refractivity contribution in [2.75, 3.05) is 5.32 Å². The maximum Gasteiger partial charge on any atom is 0.261 e. The van der Waals surface area contributed by atoms with Gasteiger partial charge in [0.2, 0.25) is 0 Å². The standard InChI is InChI=1S/C18H16N2O2S/c1-13-5-4-6-14(11-13)12-22-16-8-3-2-7-15(16)17(21)20-18-19-9-10-23-18/h2-11H,12H2,1H3,(H,19,20,21). The van der Waals surface area contributed by atoms with Gasteiger partial charge in [0.1, 0.15) is 12.4 Å². The van der Waals surface area contributed by atoms with Crippen LogP contribution in [-0.2, 0) is 6.61 Å². The summed E-state index contributed by atoms with van der Waals surface area (Å²) in [6, 6.07) is 15.3. The molecule has 116 valence electrons. The SMILES string of the molecule is Cc1cccc(COc2ccccc2C(=O)Nc2nccs2)c1. The molecule has 1 heterocycles. The van der Waals surface area contributed by atoms with Gasteiger partial charge >= 0.3 is 0 Å². The predicted octanol–water partition coefficient (Wildman–Crippen LogP) is 4.28. The average molecular weight is 324 g/mol. The number of anilines is 1. The highest BCUT2D eigenvalue weighted by Gasteiger charge is 2.13. The third-order valence-corrected chi connectivity index (χ3v) is 3.95. The molecule has 0 fully saturated rings. The van der Waals surface area contributed by atoms with Gasteiger partial charge in [-0.3, -0.25) is 10.1 Å².